The lowest BCUT2D eigenvalue weighted by Gasteiger charge is -2.29. The minimum absolute atomic E-state index is 0.227. The van der Waals surface area contributed by atoms with Crippen LogP contribution < -0.4 is 0 Å². The Morgan fingerprint density at radius 3 is 2.78 bits per heavy atom. The van der Waals surface area contributed by atoms with Crippen LogP contribution in [0.25, 0.3) is 0 Å². The Morgan fingerprint density at radius 2 is 2.11 bits per heavy atom. The first-order valence-electron chi connectivity index (χ1n) is 7.26. The molecule has 3 heteroatoms. The molecule has 1 aliphatic carbocycles. The van der Waals surface area contributed by atoms with Gasteiger partial charge in [-0.2, -0.15) is 5.10 Å². The first kappa shape index (κ1) is 13.3. The highest BCUT2D eigenvalue weighted by Gasteiger charge is 2.31. The summed E-state index contributed by atoms with van der Waals surface area (Å²) in [6.45, 7) is 6.99. The molecular weight excluding hydrogens is 224 g/mol. The van der Waals surface area contributed by atoms with Gasteiger partial charge in [-0.1, -0.05) is 26.2 Å². The molecule has 0 aliphatic heterocycles. The zero-order valence-electron chi connectivity index (χ0n) is 11.8. The van der Waals surface area contributed by atoms with E-state index in [0.29, 0.717) is 11.7 Å². The number of hydrogen-bond acceptors (Lipinski definition) is 2. The number of nitrogens with zero attached hydrogens (tertiary/aromatic N) is 2. The summed E-state index contributed by atoms with van der Waals surface area (Å²) >= 11 is 0. The van der Waals surface area contributed by atoms with Crippen LogP contribution in [0.2, 0.25) is 0 Å². The van der Waals surface area contributed by atoms with E-state index >= 15 is 0 Å². The molecule has 0 bridgehead atoms. The van der Waals surface area contributed by atoms with Crippen molar-refractivity contribution >= 4 is 5.78 Å². The summed E-state index contributed by atoms with van der Waals surface area (Å²) in [5, 5.41) is 4.39. The summed E-state index contributed by atoms with van der Waals surface area (Å²) < 4.78 is 1.86. The highest BCUT2D eigenvalue weighted by molar-refractivity contribution is 5.96. The van der Waals surface area contributed by atoms with Crippen LogP contribution in [0.3, 0.4) is 0 Å². The molecule has 1 aliphatic rings. The van der Waals surface area contributed by atoms with E-state index < -0.39 is 0 Å². The molecule has 3 nitrogen and oxygen atoms in total. The van der Waals surface area contributed by atoms with Gasteiger partial charge in [-0.3, -0.25) is 9.48 Å². The summed E-state index contributed by atoms with van der Waals surface area (Å²) in [7, 11) is 0. The molecule has 100 valence electrons. The van der Waals surface area contributed by atoms with Crippen molar-refractivity contribution in [3.8, 4) is 0 Å². The summed E-state index contributed by atoms with van der Waals surface area (Å²) in [4.78, 5) is 12.7. The Balaban J connectivity index is 2.23. The Hall–Kier alpha value is -1.12. The van der Waals surface area contributed by atoms with Gasteiger partial charge in [0.2, 0.25) is 0 Å². The lowest BCUT2D eigenvalue weighted by Crippen LogP contribution is -2.28. The first-order chi connectivity index (χ1) is 8.67. The number of aromatic nitrogens is 2. The van der Waals surface area contributed by atoms with Gasteiger partial charge in [0.15, 0.2) is 5.78 Å². The van der Waals surface area contributed by atoms with Gasteiger partial charge in [-0.15, -0.1) is 0 Å². The van der Waals surface area contributed by atoms with E-state index in [0.717, 1.165) is 30.8 Å². The fraction of sp³-hybridized carbons (Fsp3) is 0.733. The smallest absolute Gasteiger partial charge is 0.184 e. The number of carbonyl (C=O) groups is 1. The number of carbonyl (C=O) groups excluding carboxylic acids is 1. The van der Waals surface area contributed by atoms with E-state index in [1.54, 1.807) is 0 Å². The molecule has 1 heterocycles. The maximum atomic E-state index is 12.7. The highest BCUT2D eigenvalue weighted by Crippen LogP contribution is 2.34. The molecule has 0 N–H and O–H groups in total. The van der Waals surface area contributed by atoms with Crippen molar-refractivity contribution in [3.63, 3.8) is 0 Å². The molecule has 2 unspecified atom stereocenters. The average molecular weight is 248 g/mol. The molecule has 2 rings (SSSR count). The average Bonchev–Trinajstić information content (AvgIpc) is 2.79. The molecule has 0 aromatic carbocycles. The Morgan fingerprint density at radius 1 is 1.39 bits per heavy atom. The predicted octanol–water partition coefficient (Wildman–Crippen LogP) is 3.61. The maximum Gasteiger partial charge on any atom is 0.184 e. The van der Waals surface area contributed by atoms with E-state index in [2.05, 4.69) is 12.0 Å². The van der Waals surface area contributed by atoms with Crippen LogP contribution in [0.1, 0.15) is 62.1 Å². The summed E-state index contributed by atoms with van der Waals surface area (Å²) in [6.07, 6.45) is 5.88. The quantitative estimate of drug-likeness (QED) is 0.763. The topological polar surface area (TPSA) is 34.9 Å². The minimum atomic E-state index is 0.227. The van der Waals surface area contributed by atoms with Crippen LogP contribution in [0.4, 0.5) is 0 Å². The molecule has 1 saturated carbocycles. The largest absolute Gasteiger partial charge is 0.292 e. The third-order valence-corrected chi connectivity index (χ3v) is 4.22. The van der Waals surface area contributed by atoms with Crippen molar-refractivity contribution in [2.24, 2.45) is 11.8 Å². The summed E-state index contributed by atoms with van der Waals surface area (Å²) in [5.74, 6) is 1.13. The third-order valence-electron chi connectivity index (χ3n) is 4.22. The standard InChI is InChI=1S/C15H24N2O/c1-4-12-8-6-7-9-13(12)15(18)14-10-11(3)16-17(14)5-2/h10,12-13H,4-9H2,1-3H3. The molecule has 18 heavy (non-hydrogen) atoms. The molecule has 0 amide bonds. The van der Waals surface area contributed by atoms with Crippen molar-refractivity contribution in [1.29, 1.82) is 0 Å². The fourth-order valence-corrected chi connectivity index (χ4v) is 3.22. The number of hydrogen-bond donors (Lipinski definition) is 0. The molecule has 0 spiro atoms. The van der Waals surface area contributed by atoms with Crippen LogP contribution in [0.5, 0.6) is 0 Å². The van der Waals surface area contributed by atoms with Crippen LogP contribution in [-0.4, -0.2) is 15.6 Å². The van der Waals surface area contributed by atoms with E-state index in [-0.39, 0.29) is 5.92 Å². The summed E-state index contributed by atoms with van der Waals surface area (Å²) in [5.41, 5.74) is 1.77. The molecule has 0 radical (unpaired) electrons. The highest BCUT2D eigenvalue weighted by atomic mass is 16.1. The second-order valence-corrected chi connectivity index (χ2v) is 5.41. The predicted molar refractivity (Wildman–Crippen MR) is 72.7 cm³/mol. The van der Waals surface area contributed by atoms with E-state index in [1.807, 2.05) is 24.6 Å². The van der Waals surface area contributed by atoms with Crippen molar-refractivity contribution in [2.45, 2.75) is 59.4 Å². The number of rotatable bonds is 4. The lowest BCUT2D eigenvalue weighted by atomic mass is 9.75. The van der Waals surface area contributed by atoms with Gasteiger partial charge >= 0.3 is 0 Å². The molecule has 1 aromatic rings. The zero-order chi connectivity index (χ0) is 13.1. The molecule has 1 aromatic heterocycles. The Bertz CT molecular complexity index is 422. The van der Waals surface area contributed by atoms with E-state index in [9.17, 15) is 4.79 Å². The fourth-order valence-electron chi connectivity index (χ4n) is 3.22. The molecule has 1 fully saturated rings. The van der Waals surface area contributed by atoms with Gasteiger partial charge in [0.25, 0.3) is 0 Å². The van der Waals surface area contributed by atoms with Crippen LogP contribution in [-0.2, 0) is 6.54 Å². The number of aryl methyl sites for hydroxylation is 2. The monoisotopic (exact) mass is 248 g/mol. The van der Waals surface area contributed by atoms with Crippen molar-refractivity contribution in [1.82, 2.24) is 9.78 Å². The van der Waals surface area contributed by atoms with Crippen molar-refractivity contribution < 1.29 is 4.79 Å². The molecule has 2 atom stereocenters. The van der Waals surface area contributed by atoms with Gasteiger partial charge in [0.05, 0.1) is 5.69 Å². The molecular formula is C15H24N2O. The number of Topliss-reactive ketones (excluding diaryl/α,β-unsaturated/α-hetero) is 1. The van der Waals surface area contributed by atoms with Gasteiger partial charge in [0.1, 0.15) is 5.69 Å². The Kier molecular flexibility index (Phi) is 4.20. The third kappa shape index (κ3) is 2.50. The first-order valence-corrected chi connectivity index (χ1v) is 7.26. The normalized spacial score (nSPS) is 24.2. The van der Waals surface area contributed by atoms with Gasteiger partial charge in [0, 0.05) is 12.5 Å². The second kappa shape index (κ2) is 5.68. The van der Waals surface area contributed by atoms with Crippen LogP contribution in [0, 0.1) is 18.8 Å². The SMILES string of the molecule is CCC1CCCCC1C(=O)c1cc(C)nn1CC. The zero-order valence-corrected chi connectivity index (χ0v) is 11.8. The summed E-state index contributed by atoms with van der Waals surface area (Å²) in [6, 6.07) is 1.95. The maximum absolute atomic E-state index is 12.7. The lowest BCUT2D eigenvalue weighted by molar-refractivity contribution is 0.0809. The van der Waals surface area contributed by atoms with Crippen LogP contribution in [0.15, 0.2) is 6.07 Å². The number of ketones is 1. The Labute approximate surface area is 110 Å². The van der Waals surface area contributed by atoms with E-state index in [4.69, 9.17) is 0 Å². The molecule has 0 saturated heterocycles. The van der Waals surface area contributed by atoms with Gasteiger partial charge < -0.3 is 0 Å². The van der Waals surface area contributed by atoms with Crippen molar-refractivity contribution in [3.05, 3.63) is 17.5 Å². The second-order valence-electron chi connectivity index (χ2n) is 5.41. The minimum Gasteiger partial charge on any atom is -0.292 e. The van der Waals surface area contributed by atoms with E-state index in [1.165, 1.54) is 19.3 Å². The van der Waals surface area contributed by atoms with Gasteiger partial charge in [-0.05, 0) is 38.7 Å². The van der Waals surface area contributed by atoms with Gasteiger partial charge in [-0.25, -0.2) is 0 Å². The van der Waals surface area contributed by atoms with Crippen molar-refractivity contribution in [2.75, 3.05) is 0 Å². The van der Waals surface area contributed by atoms with Crippen LogP contribution >= 0.6 is 0 Å².